The first-order valence-electron chi connectivity index (χ1n) is 8.70. The fraction of sp³-hybridized carbons (Fsp3) is 0.333. The number of aromatic nitrogens is 4. The average Bonchev–Trinajstić information content (AvgIpc) is 3.33. The molecule has 1 aliphatic rings. The molecule has 0 bridgehead atoms. The van der Waals surface area contributed by atoms with Crippen LogP contribution >= 0.6 is 23.7 Å². The minimum atomic E-state index is -0.272. The van der Waals surface area contributed by atoms with Gasteiger partial charge >= 0.3 is 0 Å². The van der Waals surface area contributed by atoms with Gasteiger partial charge in [-0.25, -0.2) is 9.67 Å². The number of hydrogen-bond donors (Lipinski definition) is 2. The molecule has 9 heteroatoms. The average molecular weight is 405 g/mol. The molecule has 1 aromatic carbocycles. The van der Waals surface area contributed by atoms with Crippen LogP contribution in [0.4, 0.5) is 5.13 Å². The van der Waals surface area contributed by atoms with Gasteiger partial charge in [0.05, 0.1) is 12.2 Å². The number of hydrogen-bond acceptors (Lipinski definition) is 6. The third kappa shape index (κ3) is 4.91. The van der Waals surface area contributed by atoms with Gasteiger partial charge in [-0.05, 0) is 31.5 Å². The number of rotatable bonds is 5. The lowest BCUT2D eigenvalue weighted by molar-refractivity contribution is 0.102. The minimum absolute atomic E-state index is 0. The van der Waals surface area contributed by atoms with Crippen molar-refractivity contribution >= 4 is 34.8 Å². The molecule has 2 aromatic heterocycles. The summed E-state index contributed by atoms with van der Waals surface area (Å²) in [5.74, 6) is -0.272. The van der Waals surface area contributed by atoms with Crippen LogP contribution in [0.25, 0.3) is 0 Å². The monoisotopic (exact) mass is 404 g/mol. The molecule has 1 fully saturated rings. The maximum absolute atomic E-state index is 12.4. The summed E-state index contributed by atoms with van der Waals surface area (Å²) in [5, 5.41) is 14.9. The highest BCUT2D eigenvalue weighted by Gasteiger charge is 2.19. The van der Waals surface area contributed by atoms with E-state index in [1.165, 1.54) is 16.9 Å². The molecule has 4 rings (SSSR count). The van der Waals surface area contributed by atoms with E-state index in [1.807, 2.05) is 18.2 Å². The zero-order valence-corrected chi connectivity index (χ0v) is 16.3. The van der Waals surface area contributed by atoms with E-state index in [0.717, 1.165) is 37.2 Å². The molecule has 1 aliphatic heterocycles. The third-order valence-corrected chi connectivity index (χ3v) is 5.33. The Morgan fingerprint density at radius 1 is 1.26 bits per heavy atom. The van der Waals surface area contributed by atoms with E-state index in [0.29, 0.717) is 16.9 Å². The van der Waals surface area contributed by atoms with Gasteiger partial charge in [-0.3, -0.25) is 10.1 Å². The molecule has 27 heavy (non-hydrogen) atoms. The van der Waals surface area contributed by atoms with Crippen molar-refractivity contribution in [3.8, 4) is 0 Å². The van der Waals surface area contributed by atoms with E-state index in [1.54, 1.807) is 17.1 Å². The Labute approximate surface area is 167 Å². The van der Waals surface area contributed by atoms with Crippen molar-refractivity contribution in [2.75, 3.05) is 18.4 Å². The van der Waals surface area contributed by atoms with Crippen LogP contribution in [0.15, 0.2) is 42.7 Å². The Morgan fingerprint density at radius 2 is 2.04 bits per heavy atom. The molecule has 0 spiro atoms. The van der Waals surface area contributed by atoms with Crippen molar-refractivity contribution in [2.24, 2.45) is 0 Å². The van der Waals surface area contributed by atoms with Crippen LogP contribution in [0.5, 0.6) is 0 Å². The van der Waals surface area contributed by atoms with Crippen molar-refractivity contribution in [1.82, 2.24) is 25.3 Å². The topological polar surface area (TPSA) is 84.7 Å². The predicted octanol–water partition coefficient (Wildman–Crippen LogP) is 2.92. The highest BCUT2D eigenvalue weighted by atomic mass is 35.5. The lowest BCUT2D eigenvalue weighted by atomic mass is 10.1. The number of carbonyl (C=O) groups excluding carboxylic acids is 1. The second-order valence-electron chi connectivity index (χ2n) is 6.31. The highest BCUT2D eigenvalue weighted by molar-refractivity contribution is 7.15. The molecule has 0 saturated carbocycles. The Morgan fingerprint density at radius 3 is 2.81 bits per heavy atom. The van der Waals surface area contributed by atoms with Crippen molar-refractivity contribution in [3.05, 3.63) is 58.9 Å². The molecular weight excluding hydrogens is 384 g/mol. The largest absolute Gasteiger partial charge is 0.317 e. The number of nitrogens with zero attached hydrogens (tertiary/aromatic N) is 4. The number of anilines is 1. The zero-order chi connectivity index (χ0) is 17.8. The van der Waals surface area contributed by atoms with E-state index < -0.39 is 0 Å². The van der Waals surface area contributed by atoms with Crippen molar-refractivity contribution in [1.29, 1.82) is 0 Å². The summed E-state index contributed by atoms with van der Waals surface area (Å²) in [6, 6.07) is 10.5. The lowest BCUT2D eigenvalue weighted by Gasteiger charge is -2.21. The molecule has 0 radical (unpaired) electrons. The summed E-state index contributed by atoms with van der Waals surface area (Å²) in [4.78, 5) is 17.8. The molecule has 142 valence electrons. The quantitative estimate of drug-likeness (QED) is 0.683. The maximum Gasteiger partial charge on any atom is 0.279 e. The molecule has 0 atom stereocenters. The summed E-state index contributed by atoms with van der Waals surface area (Å²) in [7, 11) is 0. The summed E-state index contributed by atoms with van der Waals surface area (Å²) in [5.41, 5.74) is 1.54. The first kappa shape index (κ1) is 19.5. The van der Waals surface area contributed by atoms with Gasteiger partial charge in [-0.15, -0.1) is 28.8 Å². The van der Waals surface area contributed by atoms with Gasteiger partial charge in [-0.1, -0.05) is 35.5 Å². The SMILES string of the molecule is Cl.O=C(Nc1ncc(Cc2ccccc2)s1)c1cn(C2CCNCC2)nn1. The molecule has 1 saturated heterocycles. The Hall–Kier alpha value is -2.29. The van der Waals surface area contributed by atoms with Crippen LogP contribution in [0.2, 0.25) is 0 Å². The lowest BCUT2D eigenvalue weighted by Crippen LogP contribution is -2.29. The van der Waals surface area contributed by atoms with Gasteiger partial charge in [-0.2, -0.15) is 0 Å². The van der Waals surface area contributed by atoms with Gasteiger partial charge in [0.15, 0.2) is 10.8 Å². The van der Waals surface area contributed by atoms with E-state index in [9.17, 15) is 4.79 Å². The van der Waals surface area contributed by atoms with Crippen LogP contribution in [-0.4, -0.2) is 39.0 Å². The second kappa shape index (κ2) is 9.07. The van der Waals surface area contributed by atoms with Crippen molar-refractivity contribution in [3.63, 3.8) is 0 Å². The normalized spacial score (nSPS) is 14.5. The molecule has 0 aliphatic carbocycles. The molecule has 7 nitrogen and oxygen atoms in total. The van der Waals surface area contributed by atoms with Crippen LogP contribution in [-0.2, 0) is 6.42 Å². The van der Waals surface area contributed by atoms with Crippen molar-refractivity contribution in [2.45, 2.75) is 25.3 Å². The number of benzene rings is 1. The van der Waals surface area contributed by atoms with Crippen LogP contribution in [0, 0.1) is 0 Å². The standard InChI is InChI=1S/C18H20N6OS.ClH/c25-17(16-12-24(23-22-16)14-6-8-19-9-7-14)21-18-20-11-15(26-18)10-13-4-2-1-3-5-13;/h1-5,11-12,14,19H,6-10H2,(H,20,21,25);1H. The number of halogens is 1. The third-order valence-electron chi connectivity index (χ3n) is 4.42. The summed E-state index contributed by atoms with van der Waals surface area (Å²) in [6.07, 6.45) is 6.34. The predicted molar refractivity (Wildman–Crippen MR) is 108 cm³/mol. The Balaban J connectivity index is 0.00000210. The smallest absolute Gasteiger partial charge is 0.279 e. The van der Waals surface area contributed by atoms with Gasteiger partial charge < -0.3 is 5.32 Å². The molecule has 2 N–H and O–H groups in total. The zero-order valence-electron chi connectivity index (χ0n) is 14.7. The first-order valence-corrected chi connectivity index (χ1v) is 9.52. The second-order valence-corrected chi connectivity index (χ2v) is 7.43. The molecule has 3 aromatic rings. The number of piperidine rings is 1. The fourth-order valence-corrected chi connectivity index (χ4v) is 3.88. The maximum atomic E-state index is 12.4. The van der Waals surface area contributed by atoms with E-state index >= 15 is 0 Å². The number of thiazole rings is 1. The van der Waals surface area contributed by atoms with E-state index in [-0.39, 0.29) is 18.3 Å². The first-order chi connectivity index (χ1) is 12.8. The highest BCUT2D eigenvalue weighted by Crippen LogP contribution is 2.22. The Bertz CT molecular complexity index is 875. The molecule has 0 unspecified atom stereocenters. The van der Waals surface area contributed by atoms with Crippen LogP contribution < -0.4 is 10.6 Å². The minimum Gasteiger partial charge on any atom is -0.317 e. The molecule has 1 amide bonds. The number of carbonyl (C=O) groups is 1. The summed E-state index contributed by atoms with van der Waals surface area (Å²) < 4.78 is 1.80. The number of nitrogens with one attached hydrogen (secondary N) is 2. The van der Waals surface area contributed by atoms with E-state index in [2.05, 4.69) is 38.1 Å². The van der Waals surface area contributed by atoms with Gasteiger partial charge in [0.25, 0.3) is 5.91 Å². The van der Waals surface area contributed by atoms with Gasteiger partial charge in [0.2, 0.25) is 0 Å². The molecule has 3 heterocycles. The summed E-state index contributed by atoms with van der Waals surface area (Å²) in [6.45, 7) is 1.94. The van der Waals surface area contributed by atoms with E-state index in [4.69, 9.17) is 0 Å². The fourth-order valence-electron chi connectivity index (χ4n) is 3.04. The summed E-state index contributed by atoms with van der Waals surface area (Å²) >= 11 is 1.48. The van der Waals surface area contributed by atoms with Crippen LogP contribution in [0.3, 0.4) is 0 Å². The van der Waals surface area contributed by atoms with Crippen molar-refractivity contribution < 1.29 is 4.79 Å². The Kier molecular flexibility index (Phi) is 6.54. The van der Waals surface area contributed by atoms with Gasteiger partial charge in [0.1, 0.15) is 0 Å². The van der Waals surface area contributed by atoms with Gasteiger partial charge in [0, 0.05) is 17.5 Å². The number of amides is 1. The molecular formula is C18H21ClN6OS. The van der Waals surface area contributed by atoms with Crippen LogP contribution in [0.1, 0.15) is 39.8 Å².